The number of aromatic carboxylic acids is 1. The molecule has 0 aromatic carbocycles. The quantitative estimate of drug-likeness (QED) is 0.626. The lowest BCUT2D eigenvalue weighted by molar-refractivity contribution is -0.384. The standard InChI is InChI=1S/C13H15N3O5/c17-13(18)9-3-4-10(16(19)20)12(15-9)14-8-5-6-21-11(8)7-1-2-7/h3-4,7-8,11H,1-2,5-6H2,(H,14,15)(H,17,18). The molecule has 8 nitrogen and oxygen atoms in total. The molecule has 21 heavy (non-hydrogen) atoms. The lowest BCUT2D eigenvalue weighted by Crippen LogP contribution is -2.31. The number of anilines is 1. The summed E-state index contributed by atoms with van der Waals surface area (Å²) in [7, 11) is 0. The third-order valence-corrected chi connectivity index (χ3v) is 3.83. The zero-order valence-corrected chi connectivity index (χ0v) is 11.2. The summed E-state index contributed by atoms with van der Waals surface area (Å²) in [5.41, 5.74) is -0.438. The first-order chi connectivity index (χ1) is 10.1. The predicted molar refractivity (Wildman–Crippen MR) is 72.3 cm³/mol. The van der Waals surface area contributed by atoms with Crippen LogP contribution in [0.2, 0.25) is 0 Å². The van der Waals surface area contributed by atoms with E-state index in [-0.39, 0.29) is 29.3 Å². The predicted octanol–water partition coefficient (Wildman–Crippen LogP) is 1.67. The van der Waals surface area contributed by atoms with Crippen molar-refractivity contribution in [3.63, 3.8) is 0 Å². The smallest absolute Gasteiger partial charge is 0.354 e. The van der Waals surface area contributed by atoms with Crippen LogP contribution >= 0.6 is 0 Å². The molecule has 0 radical (unpaired) electrons. The second kappa shape index (κ2) is 5.28. The molecule has 2 unspecified atom stereocenters. The van der Waals surface area contributed by atoms with Crippen LogP contribution in [0.15, 0.2) is 12.1 Å². The van der Waals surface area contributed by atoms with Crippen LogP contribution in [0.25, 0.3) is 0 Å². The lowest BCUT2D eigenvalue weighted by atomic mass is 10.1. The van der Waals surface area contributed by atoms with Crippen molar-refractivity contribution in [1.29, 1.82) is 0 Å². The molecular weight excluding hydrogens is 278 g/mol. The van der Waals surface area contributed by atoms with Gasteiger partial charge in [-0.25, -0.2) is 9.78 Å². The Balaban J connectivity index is 1.86. The number of nitro groups is 1. The van der Waals surface area contributed by atoms with E-state index < -0.39 is 10.9 Å². The van der Waals surface area contributed by atoms with Crippen molar-refractivity contribution in [1.82, 2.24) is 4.98 Å². The molecular formula is C13H15N3O5. The minimum absolute atomic E-state index is 0.000972. The molecule has 1 aliphatic carbocycles. The highest BCUT2D eigenvalue weighted by Crippen LogP contribution is 2.40. The van der Waals surface area contributed by atoms with Gasteiger partial charge < -0.3 is 15.2 Å². The lowest BCUT2D eigenvalue weighted by Gasteiger charge is -2.19. The van der Waals surface area contributed by atoms with Crippen molar-refractivity contribution < 1.29 is 19.6 Å². The van der Waals surface area contributed by atoms with Crippen molar-refractivity contribution >= 4 is 17.5 Å². The SMILES string of the molecule is O=C(O)c1ccc([N+](=O)[O-])c(NC2CCOC2C2CC2)n1. The molecule has 0 amide bonds. The van der Waals surface area contributed by atoms with E-state index in [0.29, 0.717) is 12.5 Å². The monoisotopic (exact) mass is 293 g/mol. The number of hydrogen-bond donors (Lipinski definition) is 2. The average molecular weight is 293 g/mol. The van der Waals surface area contributed by atoms with E-state index in [2.05, 4.69) is 10.3 Å². The van der Waals surface area contributed by atoms with Crippen LogP contribution in [0.5, 0.6) is 0 Å². The van der Waals surface area contributed by atoms with Gasteiger partial charge in [0, 0.05) is 12.7 Å². The molecule has 2 N–H and O–H groups in total. The summed E-state index contributed by atoms with van der Waals surface area (Å²) in [5.74, 6) is -0.720. The van der Waals surface area contributed by atoms with Gasteiger partial charge in [-0.2, -0.15) is 0 Å². The third-order valence-electron chi connectivity index (χ3n) is 3.83. The van der Waals surface area contributed by atoms with Gasteiger partial charge in [0.1, 0.15) is 0 Å². The van der Waals surface area contributed by atoms with E-state index in [0.717, 1.165) is 25.3 Å². The second-order valence-electron chi connectivity index (χ2n) is 5.34. The number of hydrogen-bond acceptors (Lipinski definition) is 6. The highest BCUT2D eigenvalue weighted by Gasteiger charge is 2.41. The summed E-state index contributed by atoms with van der Waals surface area (Å²) in [6, 6.07) is 2.24. The second-order valence-corrected chi connectivity index (χ2v) is 5.34. The largest absolute Gasteiger partial charge is 0.477 e. The van der Waals surface area contributed by atoms with E-state index in [1.807, 2.05) is 0 Å². The van der Waals surface area contributed by atoms with Gasteiger partial charge in [0.25, 0.3) is 0 Å². The number of rotatable bonds is 5. The number of aromatic nitrogens is 1. The Hall–Kier alpha value is -2.22. The van der Waals surface area contributed by atoms with Gasteiger partial charge in [0.15, 0.2) is 5.69 Å². The highest BCUT2D eigenvalue weighted by atomic mass is 16.6. The molecule has 1 aromatic rings. The Morgan fingerprint density at radius 1 is 1.43 bits per heavy atom. The number of carboxylic acids is 1. The summed E-state index contributed by atoms with van der Waals surface area (Å²) in [4.78, 5) is 25.3. The summed E-state index contributed by atoms with van der Waals surface area (Å²) < 4.78 is 5.66. The first-order valence-electron chi connectivity index (χ1n) is 6.83. The third kappa shape index (κ3) is 2.80. The molecule has 3 rings (SSSR count). The number of carbonyl (C=O) groups is 1. The van der Waals surface area contributed by atoms with Crippen molar-refractivity contribution in [3.8, 4) is 0 Å². The van der Waals surface area contributed by atoms with E-state index in [9.17, 15) is 14.9 Å². The highest BCUT2D eigenvalue weighted by molar-refractivity contribution is 5.86. The Morgan fingerprint density at radius 2 is 2.19 bits per heavy atom. The Bertz CT molecular complexity index is 587. The van der Waals surface area contributed by atoms with Crippen molar-refractivity contribution in [2.45, 2.75) is 31.4 Å². The molecule has 2 aliphatic rings. The maximum Gasteiger partial charge on any atom is 0.354 e. The maximum atomic E-state index is 11.1. The minimum Gasteiger partial charge on any atom is -0.477 e. The molecule has 1 saturated heterocycles. The van der Waals surface area contributed by atoms with Crippen molar-refractivity contribution in [2.24, 2.45) is 5.92 Å². The number of nitrogens with zero attached hydrogens (tertiary/aromatic N) is 2. The molecule has 2 heterocycles. The molecule has 2 fully saturated rings. The van der Waals surface area contributed by atoms with Crippen molar-refractivity contribution in [2.75, 3.05) is 11.9 Å². The number of pyridine rings is 1. The summed E-state index contributed by atoms with van der Waals surface area (Å²) in [6.07, 6.45) is 2.97. The fraction of sp³-hybridized carbons (Fsp3) is 0.538. The summed E-state index contributed by atoms with van der Waals surface area (Å²) in [5, 5.41) is 23.0. The van der Waals surface area contributed by atoms with Gasteiger partial charge in [-0.1, -0.05) is 0 Å². The zero-order valence-electron chi connectivity index (χ0n) is 11.2. The number of nitrogens with one attached hydrogen (secondary N) is 1. The number of carboxylic acid groups (broad SMARTS) is 1. The van der Waals surface area contributed by atoms with Crippen LogP contribution in [-0.2, 0) is 4.74 Å². The fourth-order valence-electron chi connectivity index (χ4n) is 2.66. The molecule has 2 atom stereocenters. The normalized spacial score (nSPS) is 24.8. The van der Waals surface area contributed by atoms with E-state index >= 15 is 0 Å². The Labute approximate surface area is 120 Å². The van der Waals surface area contributed by atoms with Crippen molar-refractivity contribution in [3.05, 3.63) is 27.9 Å². The van der Waals surface area contributed by atoms with Gasteiger partial charge in [-0.15, -0.1) is 0 Å². The van der Waals surface area contributed by atoms with Gasteiger partial charge in [0.05, 0.1) is 17.1 Å². The zero-order chi connectivity index (χ0) is 15.0. The van der Waals surface area contributed by atoms with Gasteiger partial charge in [0.2, 0.25) is 5.82 Å². The van der Waals surface area contributed by atoms with Crippen LogP contribution in [-0.4, -0.2) is 39.7 Å². The molecule has 112 valence electrons. The maximum absolute atomic E-state index is 11.1. The van der Waals surface area contributed by atoms with Crippen LogP contribution in [0, 0.1) is 16.0 Å². The summed E-state index contributed by atoms with van der Waals surface area (Å²) >= 11 is 0. The Morgan fingerprint density at radius 3 is 2.81 bits per heavy atom. The van der Waals surface area contributed by atoms with E-state index in [4.69, 9.17) is 9.84 Å². The average Bonchev–Trinajstić information content (AvgIpc) is 3.19. The van der Waals surface area contributed by atoms with Crippen LogP contribution in [0.4, 0.5) is 11.5 Å². The first kappa shape index (κ1) is 13.7. The molecule has 8 heteroatoms. The van der Waals surface area contributed by atoms with Crippen LogP contribution in [0.1, 0.15) is 29.8 Å². The Kier molecular flexibility index (Phi) is 3.46. The van der Waals surface area contributed by atoms with Gasteiger partial charge >= 0.3 is 11.7 Å². The molecule has 1 saturated carbocycles. The first-order valence-corrected chi connectivity index (χ1v) is 6.83. The van der Waals surface area contributed by atoms with E-state index in [1.54, 1.807) is 0 Å². The summed E-state index contributed by atoms with van der Waals surface area (Å²) in [6.45, 7) is 0.602. The molecule has 0 spiro atoms. The molecule has 1 aliphatic heterocycles. The van der Waals surface area contributed by atoms with E-state index in [1.165, 1.54) is 6.07 Å². The van der Waals surface area contributed by atoms with Gasteiger partial charge in [-0.05, 0) is 31.2 Å². The van der Waals surface area contributed by atoms with Crippen LogP contribution < -0.4 is 5.32 Å². The molecule has 1 aromatic heterocycles. The van der Waals surface area contributed by atoms with Crippen LogP contribution in [0.3, 0.4) is 0 Å². The fourth-order valence-corrected chi connectivity index (χ4v) is 2.66. The minimum atomic E-state index is -1.21. The topological polar surface area (TPSA) is 115 Å². The van der Waals surface area contributed by atoms with Gasteiger partial charge in [-0.3, -0.25) is 10.1 Å². The molecule has 0 bridgehead atoms. The number of ether oxygens (including phenoxy) is 1.